The highest BCUT2D eigenvalue weighted by Gasteiger charge is 2.63. The molecule has 2 aliphatic carbocycles. The molecule has 2 saturated carbocycles. The van der Waals surface area contributed by atoms with Crippen molar-refractivity contribution in [2.45, 2.75) is 58.3 Å². The zero-order valence-corrected chi connectivity index (χ0v) is 11.1. The average molecular weight is 240 g/mol. The first-order valence-corrected chi connectivity index (χ1v) is 6.80. The van der Waals surface area contributed by atoms with Gasteiger partial charge in [-0.05, 0) is 41.9 Å². The summed E-state index contributed by atoms with van der Waals surface area (Å²) >= 11 is 0. The van der Waals surface area contributed by atoms with Crippen molar-refractivity contribution in [2.75, 3.05) is 6.61 Å². The van der Waals surface area contributed by atoms with E-state index in [4.69, 9.17) is 4.74 Å². The lowest BCUT2D eigenvalue weighted by Crippen LogP contribution is -2.62. The van der Waals surface area contributed by atoms with Gasteiger partial charge in [0.2, 0.25) is 0 Å². The molecule has 0 aromatic carbocycles. The maximum Gasteiger partial charge on any atom is 0.192 e. The van der Waals surface area contributed by atoms with E-state index in [-0.39, 0.29) is 16.7 Å². The van der Waals surface area contributed by atoms with Crippen LogP contribution < -0.4 is 0 Å². The van der Waals surface area contributed by atoms with E-state index in [1.807, 2.05) is 0 Å². The molecule has 1 aliphatic heterocycles. The van der Waals surface area contributed by atoms with Gasteiger partial charge in [-0.15, -0.1) is 0 Å². The number of ether oxygens (including phenoxy) is 1. The smallest absolute Gasteiger partial charge is 0.192 e. The predicted octanol–water partition coefficient (Wildman–Crippen LogP) is 1.92. The lowest BCUT2D eigenvalue weighted by molar-refractivity contribution is -0.334. The molecule has 0 spiro atoms. The normalized spacial score (nSPS) is 56.6. The van der Waals surface area contributed by atoms with Crippen LogP contribution in [-0.2, 0) is 4.74 Å². The van der Waals surface area contributed by atoms with Gasteiger partial charge >= 0.3 is 0 Å². The molecular formula is C14H24O3. The van der Waals surface area contributed by atoms with Gasteiger partial charge in [-0.25, -0.2) is 0 Å². The molecule has 2 N–H and O–H groups in total. The fraction of sp³-hybridized carbons (Fsp3) is 1.00. The van der Waals surface area contributed by atoms with Crippen LogP contribution in [0.15, 0.2) is 0 Å². The molecule has 1 heterocycles. The van der Waals surface area contributed by atoms with E-state index in [1.165, 1.54) is 6.42 Å². The number of aliphatic hydroxyl groups excluding tert-OH is 1. The molecule has 2 bridgehead atoms. The largest absolute Gasteiger partial charge is 0.387 e. The highest BCUT2D eigenvalue weighted by atomic mass is 16.6. The highest BCUT2D eigenvalue weighted by Crippen LogP contribution is 2.62. The maximum absolute atomic E-state index is 10.5. The van der Waals surface area contributed by atoms with Crippen LogP contribution in [0.4, 0.5) is 0 Å². The highest BCUT2D eigenvalue weighted by molar-refractivity contribution is 5.09. The minimum Gasteiger partial charge on any atom is -0.387 e. The van der Waals surface area contributed by atoms with Crippen molar-refractivity contribution in [2.24, 2.45) is 22.7 Å². The van der Waals surface area contributed by atoms with Crippen LogP contribution in [0.25, 0.3) is 0 Å². The van der Waals surface area contributed by atoms with Crippen molar-refractivity contribution >= 4 is 0 Å². The Labute approximate surface area is 103 Å². The summed E-state index contributed by atoms with van der Waals surface area (Å²) in [6.45, 7) is 7.39. The van der Waals surface area contributed by atoms with Gasteiger partial charge < -0.3 is 14.9 Å². The van der Waals surface area contributed by atoms with E-state index in [2.05, 4.69) is 20.8 Å². The zero-order valence-electron chi connectivity index (χ0n) is 11.1. The van der Waals surface area contributed by atoms with E-state index in [9.17, 15) is 10.2 Å². The first-order valence-electron chi connectivity index (χ1n) is 6.80. The molecular weight excluding hydrogens is 216 g/mol. The van der Waals surface area contributed by atoms with Crippen LogP contribution in [0.2, 0.25) is 0 Å². The number of fused-ring (bicyclic) bond motifs is 4. The Kier molecular flexibility index (Phi) is 2.28. The average Bonchev–Trinajstić information content (AvgIpc) is 2.52. The third-order valence-electron chi connectivity index (χ3n) is 5.52. The molecule has 5 atom stereocenters. The van der Waals surface area contributed by atoms with Crippen molar-refractivity contribution in [3.8, 4) is 0 Å². The molecule has 3 nitrogen and oxygen atoms in total. The summed E-state index contributed by atoms with van der Waals surface area (Å²) in [5, 5.41) is 20.9. The predicted molar refractivity (Wildman–Crippen MR) is 64.2 cm³/mol. The molecule has 0 aromatic heterocycles. The first kappa shape index (κ1) is 11.9. The van der Waals surface area contributed by atoms with E-state index in [0.29, 0.717) is 18.9 Å². The summed E-state index contributed by atoms with van der Waals surface area (Å²) in [7, 11) is 0. The van der Waals surface area contributed by atoms with Gasteiger partial charge in [0.25, 0.3) is 0 Å². The van der Waals surface area contributed by atoms with Crippen molar-refractivity contribution in [3.05, 3.63) is 0 Å². The molecule has 1 saturated heterocycles. The molecule has 98 valence electrons. The van der Waals surface area contributed by atoms with Crippen LogP contribution in [0.5, 0.6) is 0 Å². The molecule has 3 aliphatic rings. The number of rotatable bonds is 0. The zero-order chi connectivity index (χ0) is 12.5. The van der Waals surface area contributed by atoms with E-state index >= 15 is 0 Å². The fourth-order valence-corrected chi connectivity index (χ4v) is 4.73. The summed E-state index contributed by atoms with van der Waals surface area (Å²) < 4.78 is 5.50. The number of hydrogen-bond donors (Lipinski definition) is 2. The summed E-state index contributed by atoms with van der Waals surface area (Å²) in [5.41, 5.74) is 0.428. The molecule has 17 heavy (non-hydrogen) atoms. The second-order valence-electron chi connectivity index (χ2n) is 7.56. The molecule has 0 radical (unpaired) electrons. The fourth-order valence-electron chi connectivity index (χ4n) is 4.73. The quantitative estimate of drug-likeness (QED) is 0.680. The molecule has 0 aromatic rings. The van der Waals surface area contributed by atoms with Gasteiger partial charge in [-0.2, -0.15) is 0 Å². The minimum absolute atomic E-state index is 0.144. The van der Waals surface area contributed by atoms with Gasteiger partial charge in [0.05, 0.1) is 6.61 Å². The summed E-state index contributed by atoms with van der Waals surface area (Å²) in [6.07, 6.45) is 3.07. The second kappa shape index (κ2) is 3.25. The Morgan fingerprint density at radius 2 is 1.88 bits per heavy atom. The van der Waals surface area contributed by atoms with E-state index in [1.54, 1.807) is 0 Å². The Morgan fingerprint density at radius 3 is 2.59 bits per heavy atom. The van der Waals surface area contributed by atoms with Crippen molar-refractivity contribution in [1.29, 1.82) is 0 Å². The van der Waals surface area contributed by atoms with Crippen LogP contribution in [0, 0.1) is 22.7 Å². The Bertz CT molecular complexity index is 340. The molecule has 3 heteroatoms. The van der Waals surface area contributed by atoms with Gasteiger partial charge in [-0.3, -0.25) is 0 Å². The van der Waals surface area contributed by atoms with E-state index < -0.39 is 11.9 Å². The third-order valence-corrected chi connectivity index (χ3v) is 5.52. The van der Waals surface area contributed by atoms with Gasteiger partial charge in [0, 0.05) is 6.42 Å². The second-order valence-corrected chi connectivity index (χ2v) is 7.56. The van der Waals surface area contributed by atoms with Gasteiger partial charge in [0.15, 0.2) is 5.79 Å². The lowest BCUT2D eigenvalue weighted by atomic mass is 9.58. The molecule has 3 fully saturated rings. The Balaban J connectivity index is 1.99. The molecule has 0 amide bonds. The maximum atomic E-state index is 10.5. The van der Waals surface area contributed by atoms with Crippen LogP contribution >= 0.6 is 0 Å². The summed E-state index contributed by atoms with van der Waals surface area (Å²) in [4.78, 5) is 0. The van der Waals surface area contributed by atoms with Gasteiger partial charge in [-0.1, -0.05) is 20.8 Å². The number of aliphatic hydroxyl groups is 2. The van der Waals surface area contributed by atoms with Crippen LogP contribution in [-0.4, -0.2) is 28.7 Å². The monoisotopic (exact) mass is 240 g/mol. The Morgan fingerprint density at radius 1 is 1.18 bits per heavy atom. The summed E-state index contributed by atoms with van der Waals surface area (Å²) in [5.74, 6) is -0.542. The van der Waals surface area contributed by atoms with Crippen LogP contribution in [0.1, 0.15) is 46.5 Å². The third kappa shape index (κ3) is 1.59. The molecule has 3 rings (SSSR count). The topological polar surface area (TPSA) is 49.7 Å². The molecule has 0 unspecified atom stereocenters. The van der Waals surface area contributed by atoms with Gasteiger partial charge in [0.1, 0.15) is 6.10 Å². The van der Waals surface area contributed by atoms with Crippen molar-refractivity contribution in [1.82, 2.24) is 0 Å². The SMILES string of the molecule is CC1(C)C[C@@H]2[C@H](C1)[C@@]1(C)CCO[C@](O)(C1)[C@H]2O. The van der Waals surface area contributed by atoms with Crippen LogP contribution in [0.3, 0.4) is 0 Å². The van der Waals surface area contributed by atoms with Crippen molar-refractivity contribution in [3.63, 3.8) is 0 Å². The lowest BCUT2D eigenvalue weighted by Gasteiger charge is -2.56. The Hall–Kier alpha value is -0.120. The summed E-state index contributed by atoms with van der Waals surface area (Å²) in [6, 6.07) is 0. The minimum atomic E-state index is -1.28. The number of hydrogen-bond acceptors (Lipinski definition) is 3. The van der Waals surface area contributed by atoms with Crippen molar-refractivity contribution < 1.29 is 14.9 Å². The first-order chi connectivity index (χ1) is 7.76. The standard InChI is InChI=1S/C14H24O3/c1-12(2)6-9-10(7-12)13(3)4-5-17-14(16,8-13)11(9)15/h9-11,15-16H,4-8H2,1-3H3/t9-,10+,11+,13+,14-/m1/s1. The van der Waals surface area contributed by atoms with E-state index in [0.717, 1.165) is 12.8 Å².